The maximum atomic E-state index is 10.7. The fourth-order valence-electron chi connectivity index (χ4n) is 0.541. The van der Waals surface area contributed by atoms with Crippen LogP contribution in [0.1, 0.15) is 19.3 Å². The number of carbonyl (C=O) groups is 3. The smallest absolute Gasteiger partial charge is 0.313 e. The number of ketones is 1. The van der Waals surface area contributed by atoms with Crippen LogP contribution in [0.25, 0.3) is 0 Å². The lowest BCUT2D eigenvalue weighted by Gasteiger charge is -1.95. The van der Waals surface area contributed by atoms with Gasteiger partial charge in [0.15, 0.2) is 0 Å². The molecule has 0 aromatic carbocycles. The zero-order valence-electron chi connectivity index (χ0n) is 6.33. The van der Waals surface area contributed by atoms with E-state index < -0.39 is 5.97 Å². The molecule has 0 aliphatic heterocycles. The van der Waals surface area contributed by atoms with Crippen molar-refractivity contribution >= 4 is 18.0 Å². The first-order valence-electron chi connectivity index (χ1n) is 3.23. The summed E-state index contributed by atoms with van der Waals surface area (Å²) in [6.45, 7) is 0. The number of hydrogen-bond donors (Lipinski definition) is 0. The second kappa shape index (κ2) is 5.58. The van der Waals surface area contributed by atoms with Gasteiger partial charge in [-0.3, -0.25) is 9.59 Å². The zero-order chi connectivity index (χ0) is 8.69. The van der Waals surface area contributed by atoms with Crippen LogP contribution >= 0.6 is 0 Å². The van der Waals surface area contributed by atoms with Gasteiger partial charge in [0.1, 0.15) is 18.5 Å². The molecule has 4 nitrogen and oxygen atoms in total. The van der Waals surface area contributed by atoms with E-state index in [9.17, 15) is 14.4 Å². The summed E-state index contributed by atoms with van der Waals surface area (Å²) in [6.07, 6.45) is 0.716. The lowest BCUT2D eigenvalue weighted by atomic mass is 10.2. The highest BCUT2D eigenvalue weighted by molar-refractivity contribution is 5.96. The third kappa shape index (κ3) is 5.26. The quantitative estimate of drug-likeness (QED) is 0.323. The van der Waals surface area contributed by atoms with E-state index in [-0.39, 0.29) is 25.0 Å². The van der Waals surface area contributed by atoms with Gasteiger partial charge >= 0.3 is 5.97 Å². The molecule has 0 bridgehead atoms. The average molecular weight is 158 g/mol. The molecule has 0 saturated heterocycles. The number of ether oxygens (including phenoxy) is 1. The normalized spacial score (nSPS) is 8.82. The summed E-state index contributed by atoms with van der Waals surface area (Å²) in [5, 5.41) is 0. The van der Waals surface area contributed by atoms with Crippen LogP contribution in [0.3, 0.4) is 0 Å². The van der Waals surface area contributed by atoms with Gasteiger partial charge in [-0.15, -0.1) is 0 Å². The van der Waals surface area contributed by atoms with E-state index in [4.69, 9.17) is 0 Å². The highest BCUT2D eigenvalue weighted by Crippen LogP contribution is 1.94. The first-order chi connectivity index (χ1) is 5.20. The highest BCUT2D eigenvalue weighted by Gasteiger charge is 2.07. The van der Waals surface area contributed by atoms with Gasteiger partial charge < -0.3 is 9.53 Å². The van der Waals surface area contributed by atoms with Gasteiger partial charge in [-0.2, -0.15) is 0 Å². The summed E-state index contributed by atoms with van der Waals surface area (Å²) >= 11 is 0. The Morgan fingerprint density at radius 2 is 2.09 bits per heavy atom. The van der Waals surface area contributed by atoms with Crippen molar-refractivity contribution in [3.63, 3.8) is 0 Å². The summed E-state index contributed by atoms with van der Waals surface area (Å²) in [5.74, 6) is -0.815. The van der Waals surface area contributed by atoms with E-state index in [2.05, 4.69) is 4.74 Å². The molecule has 0 spiro atoms. The molecule has 62 valence electrons. The molecule has 11 heavy (non-hydrogen) atoms. The second-order valence-corrected chi connectivity index (χ2v) is 2.00. The largest absolute Gasteiger partial charge is 0.469 e. The number of methoxy groups -OCH3 is 1. The predicted molar refractivity (Wildman–Crippen MR) is 36.9 cm³/mol. The van der Waals surface area contributed by atoms with Crippen molar-refractivity contribution in [1.82, 2.24) is 0 Å². The van der Waals surface area contributed by atoms with Crippen molar-refractivity contribution in [2.45, 2.75) is 19.3 Å². The van der Waals surface area contributed by atoms with Gasteiger partial charge in [-0.05, 0) is 0 Å². The molecule has 4 heteroatoms. The van der Waals surface area contributed by atoms with Gasteiger partial charge in [-0.25, -0.2) is 0 Å². The minimum absolute atomic E-state index is 0.124. The maximum absolute atomic E-state index is 10.7. The summed E-state index contributed by atoms with van der Waals surface area (Å²) in [4.78, 5) is 31.0. The highest BCUT2D eigenvalue weighted by atomic mass is 16.5. The maximum Gasteiger partial charge on any atom is 0.313 e. The van der Waals surface area contributed by atoms with Crippen LogP contribution in [0.2, 0.25) is 0 Å². The number of esters is 1. The SMILES string of the molecule is COC(=O)CC(=O)CCC=O. The van der Waals surface area contributed by atoms with Gasteiger partial charge in [0.25, 0.3) is 0 Å². The number of aldehydes is 1. The lowest BCUT2D eigenvalue weighted by molar-refractivity contribution is -0.143. The van der Waals surface area contributed by atoms with E-state index in [1.165, 1.54) is 7.11 Å². The van der Waals surface area contributed by atoms with Crippen molar-refractivity contribution in [3.8, 4) is 0 Å². The van der Waals surface area contributed by atoms with Crippen molar-refractivity contribution in [2.24, 2.45) is 0 Å². The van der Waals surface area contributed by atoms with Crippen LogP contribution in [-0.2, 0) is 19.1 Å². The average Bonchev–Trinajstić information content (AvgIpc) is 2.00. The van der Waals surface area contributed by atoms with Gasteiger partial charge in [0, 0.05) is 12.8 Å². The Balaban J connectivity index is 3.51. The molecular weight excluding hydrogens is 148 g/mol. The number of hydrogen-bond acceptors (Lipinski definition) is 4. The summed E-state index contributed by atoms with van der Waals surface area (Å²) in [6, 6.07) is 0. The Kier molecular flexibility index (Phi) is 4.98. The molecule has 0 fully saturated rings. The van der Waals surface area contributed by atoms with E-state index in [0.717, 1.165) is 0 Å². The third-order valence-electron chi connectivity index (χ3n) is 1.11. The minimum atomic E-state index is -0.555. The summed E-state index contributed by atoms with van der Waals surface area (Å²) in [5.41, 5.74) is 0. The molecule has 0 aliphatic carbocycles. The Bertz CT molecular complexity index is 162. The fraction of sp³-hybridized carbons (Fsp3) is 0.571. The monoisotopic (exact) mass is 158 g/mol. The Labute approximate surface area is 64.5 Å². The summed E-state index contributed by atoms with van der Waals surface area (Å²) in [7, 11) is 1.22. The summed E-state index contributed by atoms with van der Waals surface area (Å²) < 4.78 is 4.25. The Morgan fingerprint density at radius 3 is 2.55 bits per heavy atom. The molecule has 0 unspecified atom stereocenters. The Hall–Kier alpha value is -1.19. The minimum Gasteiger partial charge on any atom is -0.469 e. The van der Waals surface area contributed by atoms with Crippen molar-refractivity contribution in [3.05, 3.63) is 0 Å². The number of rotatable bonds is 5. The van der Waals surface area contributed by atoms with Gasteiger partial charge in [0.2, 0.25) is 0 Å². The van der Waals surface area contributed by atoms with Crippen LogP contribution in [0.4, 0.5) is 0 Å². The molecule has 0 aromatic heterocycles. The molecule has 0 amide bonds. The van der Waals surface area contributed by atoms with Crippen LogP contribution < -0.4 is 0 Å². The molecule has 0 radical (unpaired) electrons. The van der Waals surface area contributed by atoms with E-state index >= 15 is 0 Å². The van der Waals surface area contributed by atoms with E-state index in [1.807, 2.05) is 0 Å². The van der Waals surface area contributed by atoms with E-state index in [0.29, 0.717) is 6.29 Å². The molecule has 0 aliphatic rings. The number of carbonyl (C=O) groups excluding carboxylic acids is 3. The molecule has 0 aromatic rings. The first kappa shape index (κ1) is 9.81. The molecule has 0 rings (SSSR count). The second-order valence-electron chi connectivity index (χ2n) is 2.00. The van der Waals surface area contributed by atoms with Gasteiger partial charge in [-0.1, -0.05) is 0 Å². The van der Waals surface area contributed by atoms with Crippen LogP contribution in [-0.4, -0.2) is 25.1 Å². The van der Waals surface area contributed by atoms with Gasteiger partial charge in [0.05, 0.1) is 7.11 Å². The van der Waals surface area contributed by atoms with Crippen molar-refractivity contribution in [2.75, 3.05) is 7.11 Å². The molecular formula is C7H10O4. The fourth-order valence-corrected chi connectivity index (χ4v) is 0.541. The molecule has 0 atom stereocenters. The van der Waals surface area contributed by atoms with Crippen LogP contribution in [0, 0.1) is 0 Å². The van der Waals surface area contributed by atoms with Crippen LogP contribution in [0.5, 0.6) is 0 Å². The molecule has 0 saturated carbocycles. The number of Topliss-reactive ketones (excluding diaryl/α,β-unsaturated/α-hetero) is 1. The third-order valence-corrected chi connectivity index (χ3v) is 1.11. The Morgan fingerprint density at radius 1 is 1.45 bits per heavy atom. The standard InChI is InChI=1S/C7H10O4/c1-11-7(10)5-6(9)3-2-4-8/h4H,2-3,5H2,1H3. The first-order valence-corrected chi connectivity index (χ1v) is 3.23. The van der Waals surface area contributed by atoms with E-state index in [1.54, 1.807) is 0 Å². The molecule has 0 N–H and O–H groups in total. The zero-order valence-corrected chi connectivity index (χ0v) is 6.33. The predicted octanol–water partition coefficient (Wildman–Crippen LogP) is 0.0977. The van der Waals surface area contributed by atoms with Crippen molar-refractivity contribution < 1.29 is 19.1 Å². The lowest BCUT2D eigenvalue weighted by Crippen LogP contribution is -2.08. The molecule has 0 heterocycles. The van der Waals surface area contributed by atoms with Crippen molar-refractivity contribution in [1.29, 1.82) is 0 Å². The van der Waals surface area contributed by atoms with Crippen LogP contribution in [0.15, 0.2) is 0 Å². The topological polar surface area (TPSA) is 60.4 Å².